The van der Waals surface area contributed by atoms with Crippen LogP contribution in [0.4, 0.5) is 10.5 Å². The SMILES string of the molecule is Cc1nnc(CC[C@]2(c3ccccc3)CCN([C@@H](C)c3ccc(-c4ccc(N)cn4)cc3)C(=O)O2)s1. The molecule has 5 rings (SSSR count). The maximum absolute atomic E-state index is 13.4. The van der Waals surface area contributed by atoms with Gasteiger partial charge in [0, 0.05) is 24.9 Å². The highest BCUT2D eigenvalue weighted by molar-refractivity contribution is 7.11. The van der Waals surface area contributed by atoms with Crippen LogP contribution in [-0.2, 0) is 16.8 Å². The zero-order valence-corrected chi connectivity index (χ0v) is 21.2. The van der Waals surface area contributed by atoms with Gasteiger partial charge in [0.25, 0.3) is 0 Å². The first kappa shape index (κ1) is 23.9. The Balaban J connectivity index is 1.32. The molecule has 2 atom stereocenters. The minimum Gasteiger partial charge on any atom is -0.438 e. The van der Waals surface area contributed by atoms with Crippen molar-refractivity contribution in [2.45, 2.75) is 44.8 Å². The number of benzene rings is 2. The van der Waals surface area contributed by atoms with Gasteiger partial charge < -0.3 is 15.4 Å². The topological polar surface area (TPSA) is 94.2 Å². The van der Waals surface area contributed by atoms with Gasteiger partial charge in [0.05, 0.1) is 23.6 Å². The van der Waals surface area contributed by atoms with Crippen molar-refractivity contribution in [2.75, 3.05) is 12.3 Å². The molecule has 2 N–H and O–H groups in total. The molecule has 2 aromatic heterocycles. The van der Waals surface area contributed by atoms with Crippen LogP contribution < -0.4 is 5.73 Å². The number of nitrogen functional groups attached to an aromatic ring is 1. The monoisotopic (exact) mass is 499 g/mol. The lowest BCUT2D eigenvalue weighted by Crippen LogP contribution is -2.49. The summed E-state index contributed by atoms with van der Waals surface area (Å²) in [6, 6.07) is 21.8. The second-order valence-electron chi connectivity index (χ2n) is 9.16. The summed E-state index contributed by atoms with van der Waals surface area (Å²) in [6.07, 6.45) is 3.45. The first-order valence-corrected chi connectivity index (χ1v) is 12.9. The maximum Gasteiger partial charge on any atom is 0.411 e. The van der Waals surface area contributed by atoms with E-state index in [2.05, 4.69) is 15.2 Å². The Bertz CT molecular complexity index is 1320. The van der Waals surface area contributed by atoms with Crippen molar-refractivity contribution in [1.82, 2.24) is 20.1 Å². The molecule has 8 heteroatoms. The van der Waals surface area contributed by atoms with Gasteiger partial charge in [-0.2, -0.15) is 0 Å². The van der Waals surface area contributed by atoms with E-state index in [0.717, 1.165) is 32.4 Å². The summed E-state index contributed by atoms with van der Waals surface area (Å²) >= 11 is 1.59. The Morgan fingerprint density at radius 1 is 1.08 bits per heavy atom. The number of anilines is 1. The van der Waals surface area contributed by atoms with Gasteiger partial charge in [0.15, 0.2) is 0 Å². The van der Waals surface area contributed by atoms with Crippen molar-refractivity contribution < 1.29 is 9.53 Å². The molecule has 4 aromatic rings. The number of cyclic esters (lactones) is 1. The molecule has 0 saturated carbocycles. The summed E-state index contributed by atoms with van der Waals surface area (Å²) in [6.45, 7) is 4.59. The minimum atomic E-state index is -0.682. The van der Waals surface area contributed by atoms with Crippen LogP contribution in [0.15, 0.2) is 72.9 Å². The van der Waals surface area contributed by atoms with Gasteiger partial charge in [-0.25, -0.2) is 4.79 Å². The van der Waals surface area contributed by atoms with E-state index in [1.165, 1.54) is 0 Å². The summed E-state index contributed by atoms with van der Waals surface area (Å²) in [5.74, 6) is 0. The fraction of sp³-hybridized carbons (Fsp3) is 0.286. The quantitative estimate of drug-likeness (QED) is 0.339. The maximum atomic E-state index is 13.4. The first-order chi connectivity index (χ1) is 17.4. The number of hydrogen-bond donors (Lipinski definition) is 1. The smallest absolute Gasteiger partial charge is 0.411 e. The fourth-order valence-electron chi connectivity index (χ4n) is 4.72. The average Bonchev–Trinajstić information content (AvgIpc) is 3.33. The lowest BCUT2D eigenvalue weighted by atomic mass is 9.84. The van der Waals surface area contributed by atoms with Crippen LogP contribution in [0, 0.1) is 6.92 Å². The molecule has 0 spiro atoms. The van der Waals surface area contributed by atoms with Crippen LogP contribution in [-0.4, -0.2) is 32.7 Å². The molecule has 1 fully saturated rings. The molecular weight excluding hydrogens is 470 g/mol. The summed E-state index contributed by atoms with van der Waals surface area (Å²) in [5.41, 5.74) is 9.63. The van der Waals surface area contributed by atoms with E-state index in [4.69, 9.17) is 10.5 Å². The van der Waals surface area contributed by atoms with Crippen LogP contribution in [0.1, 0.15) is 46.9 Å². The average molecular weight is 500 g/mol. The highest BCUT2D eigenvalue weighted by atomic mass is 32.1. The van der Waals surface area contributed by atoms with E-state index in [1.807, 2.05) is 85.5 Å². The Morgan fingerprint density at radius 2 is 1.86 bits per heavy atom. The molecule has 184 valence electrons. The van der Waals surface area contributed by atoms with Gasteiger partial charge in [-0.15, -0.1) is 21.5 Å². The summed E-state index contributed by atoms with van der Waals surface area (Å²) < 4.78 is 6.27. The number of hydrogen-bond acceptors (Lipinski definition) is 7. The number of rotatable bonds is 7. The highest BCUT2D eigenvalue weighted by Crippen LogP contribution is 2.40. The van der Waals surface area contributed by atoms with Gasteiger partial charge >= 0.3 is 6.09 Å². The number of nitrogens with two attached hydrogens (primary N) is 1. The predicted octanol–water partition coefficient (Wildman–Crippen LogP) is 5.92. The number of aryl methyl sites for hydroxylation is 2. The molecule has 0 aliphatic carbocycles. The summed E-state index contributed by atoms with van der Waals surface area (Å²) in [7, 11) is 0. The van der Waals surface area contributed by atoms with Crippen LogP contribution >= 0.6 is 11.3 Å². The third-order valence-corrected chi connectivity index (χ3v) is 7.73. The second-order valence-corrected chi connectivity index (χ2v) is 10.4. The molecule has 2 aromatic carbocycles. The van der Waals surface area contributed by atoms with Crippen molar-refractivity contribution in [2.24, 2.45) is 0 Å². The number of amides is 1. The molecule has 0 bridgehead atoms. The highest BCUT2D eigenvalue weighted by Gasteiger charge is 2.43. The largest absolute Gasteiger partial charge is 0.438 e. The number of pyridine rings is 1. The second kappa shape index (κ2) is 10.1. The van der Waals surface area contributed by atoms with Crippen molar-refractivity contribution in [3.63, 3.8) is 0 Å². The van der Waals surface area contributed by atoms with E-state index in [1.54, 1.807) is 17.5 Å². The van der Waals surface area contributed by atoms with E-state index in [-0.39, 0.29) is 12.1 Å². The Labute approximate surface area is 215 Å². The number of carbonyl (C=O) groups excluding carboxylic acids is 1. The van der Waals surface area contributed by atoms with E-state index >= 15 is 0 Å². The van der Waals surface area contributed by atoms with Crippen molar-refractivity contribution in [3.05, 3.63) is 94.1 Å². The lowest BCUT2D eigenvalue weighted by Gasteiger charge is -2.43. The fourth-order valence-corrected chi connectivity index (χ4v) is 5.43. The van der Waals surface area contributed by atoms with Gasteiger partial charge in [0.2, 0.25) is 0 Å². The van der Waals surface area contributed by atoms with Gasteiger partial charge in [-0.1, -0.05) is 54.6 Å². The molecule has 3 heterocycles. The molecule has 1 saturated heterocycles. The standard InChI is InChI=1S/C28H29N5O2S/c1-19(21-8-10-22(11-9-21)25-13-12-24(29)18-30-25)33-17-16-28(35-27(33)34,23-6-4-3-5-7-23)15-14-26-32-31-20(2)36-26/h3-13,18-19H,14-17,29H2,1-2H3/t19-,28+/m0/s1. The molecule has 0 radical (unpaired) electrons. The number of carbonyl (C=O) groups is 1. The molecule has 0 unspecified atom stereocenters. The van der Waals surface area contributed by atoms with E-state index in [9.17, 15) is 4.79 Å². The van der Waals surface area contributed by atoms with Crippen molar-refractivity contribution in [1.29, 1.82) is 0 Å². The molecule has 36 heavy (non-hydrogen) atoms. The molecule has 1 aliphatic rings. The molecule has 7 nitrogen and oxygen atoms in total. The minimum absolute atomic E-state index is 0.120. The number of aromatic nitrogens is 3. The lowest BCUT2D eigenvalue weighted by molar-refractivity contribution is -0.0653. The van der Waals surface area contributed by atoms with Crippen LogP contribution in [0.3, 0.4) is 0 Å². The summed E-state index contributed by atoms with van der Waals surface area (Å²) in [4.78, 5) is 19.6. The zero-order valence-electron chi connectivity index (χ0n) is 20.4. The third-order valence-electron chi connectivity index (χ3n) is 6.83. The Morgan fingerprint density at radius 3 is 2.50 bits per heavy atom. The molecule has 1 amide bonds. The van der Waals surface area contributed by atoms with Crippen LogP contribution in [0.5, 0.6) is 0 Å². The zero-order chi connectivity index (χ0) is 25.1. The normalized spacial score (nSPS) is 18.6. The van der Waals surface area contributed by atoms with Crippen LogP contribution in [0.2, 0.25) is 0 Å². The van der Waals surface area contributed by atoms with Crippen LogP contribution in [0.25, 0.3) is 11.3 Å². The van der Waals surface area contributed by atoms with Gasteiger partial charge in [0.1, 0.15) is 15.6 Å². The Kier molecular flexibility index (Phi) is 6.69. The summed E-state index contributed by atoms with van der Waals surface area (Å²) in [5, 5.41) is 10.3. The number of nitrogens with zero attached hydrogens (tertiary/aromatic N) is 4. The van der Waals surface area contributed by atoms with Crippen molar-refractivity contribution >= 4 is 23.1 Å². The van der Waals surface area contributed by atoms with Gasteiger partial charge in [-0.05, 0) is 43.5 Å². The predicted molar refractivity (Wildman–Crippen MR) is 141 cm³/mol. The van der Waals surface area contributed by atoms with E-state index < -0.39 is 5.60 Å². The van der Waals surface area contributed by atoms with Gasteiger partial charge in [-0.3, -0.25) is 4.98 Å². The number of ether oxygens (including phenoxy) is 1. The Hall–Kier alpha value is -3.78. The first-order valence-electron chi connectivity index (χ1n) is 12.1. The van der Waals surface area contributed by atoms with Crippen molar-refractivity contribution in [3.8, 4) is 11.3 Å². The molecule has 1 aliphatic heterocycles. The molecular formula is C28H29N5O2S. The van der Waals surface area contributed by atoms with E-state index in [0.29, 0.717) is 31.5 Å². The third kappa shape index (κ3) is 4.95.